The Bertz CT molecular complexity index is 992. The van der Waals surface area contributed by atoms with Gasteiger partial charge in [0, 0.05) is 29.2 Å². The van der Waals surface area contributed by atoms with Crippen molar-refractivity contribution in [1.82, 2.24) is 0 Å². The van der Waals surface area contributed by atoms with Crippen LogP contribution in [0.15, 0.2) is 35.6 Å². The molecule has 3 aliphatic rings. The molecule has 1 aromatic rings. The lowest BCUT2D eigenvalue weighted by Crippen LogP contribution is -2.57. The van der Waals surface area contributed by atoms with Crippen LogP contribution in [-0.4, -0.2) is 34.8 Å². The van der Waals surface area contributed by atoms with Crippen LogP contribution in [0.2, 0.25) is 0 Å². The van der Waals surface area contributed by atoms with E-state index in [1.807, 2.05) is 32.9 Å². The first-order valence-electron chi connectivity index (χ1n) is 12.2. The summed E-state index contributed by atoms with van der Waals surface area (Å²) in [5, 5.41) is 21.3. The van der Waals surface area contributed by atoms with E-state index in [0.29, 0.717) is 25.0 Å². The Labute approximate surface area is 198 Å². The summed E-state index contributed by atoms with van der Waals surface area (Å²) in [5.41, 5.74) is 1.97. The van der Waals surface area contributed by atoms with Gasteiger partial charge in [0.1, 0.15) is 17.3 Å². The molecule has 1 spiro atoms. The van der Waals surface area contributed by atoms with Crippen LogP contribution in [0.3, 0.4) is 0 Å². The molecule has 1 aliphatic carbocycles. The normalized spacial score (nSPS) is 35.3. The van der Waals surface area contributed by atoms with Gasteiger partial charge in [0.15, 0.2) is 0 Å². The third kappa shape index (κ3) is 3.87. The molecule has 0 bridgehead atoms. The number of aliphatic hydroxyl groups excluding tert-OH is 1. The van der Waals surface area contributed by atoms with Crippen LogP contribution in [0.5, 0.6) is 11.5 Å². The summed E-state index contributed by atoms with van der Waals surface area (Å²) in [4.78, 5) is 0. The minimum absolute atomic E-state index is 0.0385. The number of hydrogen-bond acceptors (Lipinski definition) is 5. The second-order valence-corrected chi connectivity index (χ2v) is 11.4. The van der Waals surface area contributed by atoms with Crippen LogP contribution in [0.1, 0.15) is 77.8 Å². The molecule has 2 aliphatic heterocycles. The summed E-state index contributed by atoms with van der Waals surface area (Å²) in [7, 11) is 1.64. The maximum Gasteiger partial charge on any atom is 0.219 e. The minimum atomic E-state index is -0.812. The molecule has 2 heterocycles. The van der Waals surface area contributed by atoms with Crippen molar-refractivity contribution in [3.8, 4) is 11.5 Å². The van der Waals surface area contributed by atoms with E-state index in [9.17, 15) is 10.2 Å². The van der Waals surface area contributed by atoms with Crippen LogP contribution in [0, 0.1) is 17.8 Å². The van der Waals surface area contributed by atoms with Gasteiger partial charge in [-0.1, -0.05) is 31.9 Å². The van der Waals surface area contributed by atoms with Crippen molar-refractivity contribution < 1.29 is 24.4 Å². The Kier molecular flexibility index (Phi) is 5.90. The first-order chi connectivity index (χ1) is 15.3. The van der Waals surface area contributed by atoms with E-state index >= 15 is 0 Å². The number of phenols is 1. The zero-order chi connectivity index (χ0) is 24.2. The van der Waals surface area contributed by atoms with Crippen molar-refractivity contribution in [2.45, 2.75) is 97.6 Å². The van der Waals surface area contributed by atoms with Gasteiger partial charge in [0.2, 0.25) is 5.79 Å². The van der Waals surface area contributed by atoms with Gasteiger partial charge in [-0.05, 0) is 70.7 Å². The Hall–Kier alpha value is -1.98. The topological polar surface area (TPSA) is 68.2 Å². The van der Waals surface area contributed by atoms with E-state index in [2.05, 4.69) is 32.9 Å². The SMILES string of the molecule is COc1cc(C)c(O)c(CC=C(C)CC2=C[C@@]3(C)CCC[C@@]3(C)[C@]3(CC(O)C(C)(C)O3)O2)c1. The third-order valence-corrected chi connectivity index (χ3v) is 8.65. The summed E-state index contributed by atoms with van der Waals surface area (Å²) >= 11 is 0. The molecule has 0 radical (unpaired) electrons. The molecular weight excluding hydrogens is 416 g/mol. The Morgan fingerprint density at radius 2 is 1.94 bits per heavy atom. The second kappa shape index (κ2) is 8.06. The molecule has 5 heteroatoms. The Morgan fingerprint density at radius 1 is 1.21 bits per heavy atom. The van der Waals surface area contributed by atoms with Crippen LogP contribution in [-0.2, 0) is 15.9 Å². The fourth-order valence-corrected chi connectivity index (χ4v) is 6.18. The summed E-state index contributed by atoms with van der Waals surface area (Å²) in [5.74, 6) is 1.17. The average Bonchev–Trinajstić information content (AvgIpc) is 3.16. The summed E-state index contributed by atoms with van der Waals surface area (Å²) < 4.78 is 18.6. The van der Waals surface area contributed by atoms with E-state index in [0.717, 1.165) is 41.9 Å². The van der Waals surface area contributed by atoms with Gasteiger partial charge in [0.05, 0.1) is 18.8 Å². The number of aliphatic hydroxyl groups is 1. The smallest absolute Gasteiger partial charge is 0.219 e. The monoisotopic (exact) mass is 456 g/mol. The van der Waals surface area contributed by atoms with Crippen LogP contribution in [0.25, 0.3) is 0 Å². The van der Waals surface area contributed by atoms with Crippen molar-refractivity contribution in [1.29, 1.82) is 0 Å². The van der Waals surface area contributed by atoms with Gasteiger partial charge >= 0.3 is 0 Å². The van der Waals surface area contributed by atoms with Gasteiger partial charge < -0.3 is 24.4 Å². The molecule has 0 aromatic heterocycles. The van der Waals surface area contributed by atoms with Gasteiger partial charge in [0.25, 0.3) is 0 Å². The highest BCUT2D eigenvalue weighted by molar-refractivity contribution is 5.46. The highest BCUT2D eigenvalue weighted by atomic mass is 16.7. The number of allylic oxidation sites excluding steroid dienone is 3. The standard InChI is InChI=1S/C28H40O5/c1-18(9-10-20-15-21(31-7)14-19(2)24(20)30)13-22-16-26(5)11-8-12-27(26,6)28(32-22)17-23(29)25(3,4)33-28/h9,14-16,23,29-30H,8,10-13,17H2,1-7H3/t23?,26-,27-,28-/m1/s1. The van der Waals surface area contributed by atoms with Crippen LogP contribution >= 0.6 is 0 Å². The molecule has 1 saturated carbocycles. The molecule has 1 aromatic carbocycles. The summed E-state index contributed by atoms with van der Waals surface area (Å²) in [6.45, 7) is 12.5. The zero-order valence-electron chi connectivity index (χ0n) is 21.2. The fourth-order valence-electron chi connectivity index (χ4n) is 6.18. The molecule has 2 N–H and O–H groups in total. The molecule has 1 unspecified atom stereocenters. The predicted molar refractivity (Wildman–Crippen MR) is 129 cm³/mol. The number of benzene rings is 1. The molecule has 182 valence electrons. The molecule has 4 rings (SSSR count). The van der Waals surface area contributed by atoms with Crippen molar-refractivity contribution >= 4 is 0 Å². The van der Waals surface area contributed by atoms with Crippen molar-refractivity contribution in [2.24, 2.45) is 10.8 Å². The van der Waals surface area contributed by atoms with Crippen molar-refractivity contribution in [2.75, 3.05) is 7.11 Å². The summed E-state index contributed by atoms with van der Waals surface area (Å²) in [6.07, 6.45) is 8.93. The Balaban J connectivity index is 1.59. The molecule has 33 heavy (non-hydrogen) atoms. The Morgan fingerprint density at radius 3 is 2.58 bits per heavy atom. The third-order valence-electron chi connectivity index (χ3n) is 8.65. The number of ether oxygens (including phenoxy) is 3. The minimum Gasteiger partial charge on any atom is -0.507 e. The second-order valence-electron chi connectivity index (χ2n) is 11.4. The molecule has 1 saturated heterocycles. The summed E-state index contributed by atoms with van der Waals surface area (Å²) in [6, 6.07) is 3.73. The fraction of sp³-hybridized carbons (Fsp3) is 0.643. The largest absolute Gasteiger partial charge is 0.507 e. The maximum atomic E-state index is 10.8. The van der Waals surface area contributed by atoms with Crippen LogP contribution in [0.4, 0.5) is 0 Å². The molecule has 0 amide bonds. The van der Waals surface area contributed by atoms with Crippen LogP contribution < -0.4 is 4.74 Å². The number of fused-ring (bicyclic) bond motifs is 2. The number of rotatable bonds is 5. The molecule has 5 nitrogen and oxygen atoms in total. The molecular formula is C28H40O5. The average molecular weight is 457 g/mol. The van der Waals surface area contributed by atoms with E-state index in [1.165, 1.54) is 5.57 Å². The van der Waals surface area contributed by atoms with E-state index in [1.54, 1.807) is 7.11 Å². The molecule has 4 atom stereocenters. The van der Waals surface area contributed by atoms with Gasteiger partial charge in [-0.3, -0.25) is 0 Å². The van der Waals surface area contributed by atoms with E-state index in [-0.39, 0.29) is 10.8 Å². The van der Waals surface area contributed by atoms with Crippen molar-refractivity contribution in [3.63, 3.8) is 0 Å². The lowest BCUT2D eigenvalue weighted by Gasteiger charge is -2.54. The zero-order valence-corrected chi connectivity index (χ0v) is 21.2. The van der Waals surface area contributed by atoms with Crippen molar-refractivity contribution in [3.05, 3.63) is 46.7 Å². The number of methoxy groups -OCH3 is 1. The first kappa shape index (κ1) is 24.2. The quantitative estimate of drug-likeness (QED) is 0.536. The number of hydrogen-bond donors (Lipinski definition) is 2. The van der Waals surface area contributed by atoms with Gasteiger partial charge in [-0.2, -0.15) is 0 Å². The lowest BCUT2D eigenvalue weighted by molar-refractivity contribution is -0.309. The first-order valence-corrected chi connectivity index (χ1v) is 12.2. The van der Waals surface area contributed by atoms with Gasteiger partial charge in [-0.25, -0.2) is 0 Å². The number of aryl methyl sites for hydroxylation is 1. The highest BCUT2D eigenvalue weighted by Gasteiger charge is 2.69. The number of aromatic hydroxyl groups is 1. The van der Waals surface area contributed by atoms with E-state index < -0.39 is 17.5 Å². The highest BCUT2D eigenvalue weighted by Crippen LogP contribution is 2.67. The lowest BCUT2D eigenvalue weighted by atomic mass is 9.60. The van der Waals surface area contributed by atoms with Gasteiger partial charge in [-0.15, -0.1) is 0 Å². The molecule has 2 fully saturated rings. The maximum absolute atomic E-state index is 10.8. The number of phenolic OH excluding ortho intramolecular Hbond substituents is 1. The predicted octanol–water partition coefficient (Wildman–Crippen LogP) is 5.95. The van der Waals surface area contributed by atoms with E-state index in [4.69, 9.17) is 14.2 Å².